The third-order valence-corrected chi connectivity index (χ3v) is 6.86. The summed E-state index contributed by atoms with van der Waals surface area (Å²) in [5, 5.41) is 27.8. The van der Waals surface area contributed by atoms with Crippen LogP contribution in [0, 0.1) is 18.3 Å². The number of pyridine rings is 1. The van der Waals surface area contributed by atoms with Crippen molar-refractivity contribution in [1.82, 2.24) is 19.7 Å². The quantitative estimate of drug-likeness (QED) is 0.356. The monoisotopic (exact) mass is 509 g/mol. The molecule has 0 spiro atoms. The summed E-state index contributed by atoms with van der Waals surface area (Å²) in [7, 11) is -0.956. The van der Waals surface area contributed by atoms with Crippen LogP contribution in [0.1, 0.15) is 28.9 Å². The van der Waals surface area contributed by atoms with Gasteiger partial charge in [-0.25, -0.2) is 8.42 Å². The van der Waals surface area contributed by atoms with Crippen LogP contribution in [0.2, 0.25) is 0 Å². The minimum absolute atomic E-state index is 0.0711. The van der Waals surface area contributed by atoms with Crippen LogP contribution in [0.3, 0.4) is 0 Å². The predicted molar refractivity (Wildman–Crippen MR) is 128 cm³/mol. The molecule has 1 aromatic carbocycles. The lowest BCUT2D eigenvalue weighted by atomic mass is 10.2. The summed E-state index contributed by atoms with van der Waals surface area (Å²) < 4.78 is 44.6. The number of hydrogen-bond acceptors (Lipinski definition) is 10. The summed E-state index contributed by atoms with van der Waals surface area (Å²) in [6.07, 6.45) is -0.125. The number of aliphatic hydroxyl groups is 1. The maximum atomic E-state index is 13.1. The maximum absolute atomic E-state index is 13.1. The van der Waals surface area contributed by atoms with E-state index in [0.717, 1.165) is 0 Å². The van der Waals surface area contributed by atoms with Gasteiger partial charge in [-0.1, -0.05) is 6.07 Å². The van der Waals surface area contributed by atoms with E-state index in [0.29, 0.717) is 34.3 Å². The van der Waals surface area contributed by atoms with Crippen LogP contribution in [-0.4, -0.2) is 53.2 Å². The number of methoxy groups -OCH3 is 2. The van der Waals surface area contributed by atoms with Crippen LogP contribution >= 0.6 is 0 Å². The Morgan fingerprint density at radius 2 is 1.83 bits per heavy atom. The molecule has 4 rings (SSSR count). The van der Waals surface area contributed by atoms with E-state index in [9.17, 15) is 13.5 Å². The average molecular weight is 510 g/mol. The molecular weight excluding hydrogens is 486 g/mol. The van der Waals surface area contributed by atoms with Gasteiger partial charge in [0, 0.05) is 6.20 Å². The SMILES string of the molecule is COc1cccc(OC)c1-n1c(CS(=O)(=O)C[C@H](O)c2ccc(C#N)cn2)nnc1-c1ccc(C)o1. The van der Waals surface area contributed by atoms with Gasteiger partial charge in [-0.3, -0.25) is 9.55 Å². The first-order chi connectivity index (χ1) is 17.3. The molecule has 36 heavy (non-hydrogen) atoms. The number of para-hydroxylation sites is 1. The van der Waals surface area contributed by atoms with Gasteiger partial charge in [-0.05, 0) is 43.3 Å². The summed E-state index contributed by atoms with van der Waals surface area (Å²) in [5.74, 6) is 0.980. The van der Waals surface area contributed by atoms with Crippen LogP contribution in [0.5, 0.6) is 11.5 Å². The smallest absolute Gasteiger partial charge is 0.204 e. The van der Waals surface area contributed by atoms with Crippen LogP contribution in [0.25, 0.3) is 17.3 Å². The zero-order valence-corrected chi connectivity index (χ0v) is 20.6. The average Bonchev–Trinajstić information content (AvgIpc) is 3.48. The van der Waals surface area contributed by atoms with Gasteiger partial charge in [0.2, 0.25) is 5.82 Å². The molecule has 4 aromatic rings. The van der Waals surface area contributed by atoms with E-state index < -0.39 is 27.4 Å². The number of aromatic nitrogens is 4. The first-order valence-corrected chi connectivity index (χ1v) is 12.6. The Morgan fingerprint density at radius 3 is 2.39 bits per heavy atom. The molecule has 0 unspecified atom stereocenters. The maximum Gasteiger partial charge on any atom is 0.204 e. The van der Waals surface area contributed by atoms with Crippen molar-refractivity contribution in [2.75, 3.05) is 20.0 Å². The van der Waals surface area contributed by atoms with Crippen molar-refractivity contribution in [2.45, 2.75) is 18.8 Å². The van der Waals surface area contributed by atoms with Crippen molar-refractivity contribution >= 4 is 9.84 Å². The van der Waals surface area contributed by atoms with Crippen LogP contribution in [0.4, 0.5) is 0 Å². The van der Waals surface area contributed by atoms with E-state index in [1.165, 1.54) is 37.1 Å². The molecule has 1 atom stereocenters. The summed E-state index contributed by atoms with van der Waals surface area (Å²) in [6, 6.07) is 13.4. The minimum Gasteiger partial charge on any atom is -0.494 e. The molecule has 0 aliphatic rings. The topological polar surface area (TPSA) is 153 Å². The fourth-order valence-corrected chi connectivity index (χ4v) is 5.01. The van der Waals surface area contributed by atoms with Crippen molar-refractivity contribution in [3.05, 3.63) is 71.5 Å². The molecule has 3 heterocycles. The van der Waals surface area contributed by atoms with Gasteiger partial charge in [0.25, 0.3) is 0 Å². The molecule has 0 aliphatic heterocycles. The van der Waals surface area contributed by atoms with E-state index >= 15 is 0 Å². The summed E-state index contributed by atoms with van der Waals surface area (Å²) in [4.78, 5) is 3.98. The van der Waals surface area contributed by atoms with Gasteiger partial charge in [0.1, 0.15) is 40.9 Å². The van der Waals surface area contributed by atoms with Crippen molar-refractivity contribution in [3.8, 4) is 34.8 Å². The highest BCUT2D eigenvalue weighted by atomic mass is 32.2. The van der Waals surface area contributed by atoms with Gasteiger partial charge in [0.05, 0.1) is 31.2 Å². The van der Waals surface area contributed by atoms with Gasteiger partial charge in [-0.2, -0.15) is 5.26 Å². The fraction of sp³-hybridized carbons (Fsp3) is 0.250. The first kappa shape index (κ1) is 24.9. The Morgan fingerprint density at radius 1 is 1.11 bits per heavy atom. The van der Waals surface area contributed by atoms with Gasteiger partial charge >= 0.3 is 0 Å². The molecule has 0 aliphatic carbocycles. The van der Waals surface area contributed by atoms with Gasteiger partial charge < -0.3 is 19.0 Å². The Kier molecular flexibility index (Phi) is 7.05. The summed E-state index contributed by atoms with van der Waals surface area (Å²) in [6.45, 7) is 1.78. The largest absolute Gasteiger partial charge is 0.494 e. The number of nitrogens with zero attached hydrogens (tertiary/aromatic N) is 5. The van der Waals surface area contributed by atoms with Crippen LogP contribution in [0.15, 0.2) is 53.1 Å². The molecule has 0 saturated carbocycles. The van der Waals surface area contributed by atoms with E-state index in [2.05, 4.69) is 15.2 Å². The van der Waals surface area contributed by atoms with E-state index in [-0.39, 0.29) is 17.3 Å². The van der Waals surface area contributed by atoms with Gasteiger partial charge in [-0.15, -0.1) is 10.2 Å². The minimum atomic E-state index is -3.92. The second kappa shape index (κ2) is 10.2. The van der Waals surface area contributed by atoms with Crippen molar-refractivity contribution in [2.24, 2.45) is 0 Å². The van der Waals surface area contributed by atoms with E-state index in [1.54, 1.807) is 37.3 Å². The third-order valence-electron chi connectivity index (χ3n) is 5.33. The number of sulfone groups is 1. The number of benzene rings is 1. The normalized spacial score (nSPS) is 12.2. The molecule has 0 saturated heterocycles. The Bertz CT molecular complexity index is 1500. The lowest BCUT2D eigenvalue weighted by molar-refractivity contribution is 0.196. The molecule has 0 fully saturated rings. The Balaban J connectivity index is 1.76. The lowest BCUT2D eigenvalue weighted by Gasteiger charge is -2.17. The third kappa shape index (κ3) is 5.07. The number of furan rings is 1. The Labute approximate surface area is 207 Å². The molecule has 3 aromatic heterocycles. The molecule has 1 N–H and O–H groups in total. The number of ether oxygens (including phenoxy) is 2. The standard InChI is InChI=1S/C24H23N5O6S/c1-15-7-10-21(35-15)24-28-27-22(29(24)23-19(33-2)5-4-6-20(23)34-3)14-36(31,32)13-18(30)17-9-8-16(11-25)12-26-17/h4-10,12,18,30H,13-14H2,1-3H3/t18-/m0/s1. The molecule has 186 valence electrons. The molecule has 11 nitrogen and oxygen atoms in total. The highest BCUT2D eigenvalue weighted by molar-refractivity contribution is 7.90. The van der Waals surface area contributed by atoms with Gasteiger partial charge in [0.15, 0.2) is 21.4 Å². The van der Waals surface area contributed by atoms with E-state index in [4.69, 9.17) is 19.2 Å². The lowest BCUT2D eigenvalue weighted by Crippen LogP contribution is -2.19. The zero-order chi connectivity index (χ0) is 25.9. The number of hydrogen-bond donors (Lipinski definition) is 1. The van der Waals surface area contributed by atoms with Crippen LogP contribution in [-0.2, 0) is 15.6 Å². The second-order valence-electron chi connectivity index (χ2n) is 7.85. The number of nitriles is 1. The number of aliphatic hydroxyl groups excluding tert-OH is 1. The van der Waals surface area contributed by atoms with Crippen molar-refractivity contribution in [1.29, 1.82) is 5.26 Å². The molecule has 0 bridgehead atoms. The number of aryl methyl sites for hydroxylation is 1. The van der Waals surface area contributed by atoms with Crippen molar-refractivity contribution < 1.29 is 27.4 Å². The highest BCUT2D eigenvalue weighted by Gasteiger charge is 2.28. The second-order valence-corrected chi connectivity index (χ2v) is 9.96. The molecule has 0 radical (unpaired) electrons. The Hall–Kier alpha value is -4.21. The molecule has 0 amide bonds. The van der Waals surface area contributed by atoms with Crippen LogP contribution < -0.4 is 9.47 Å². The summed E-state index contributed by atoms with van der Waals surface area (Å²) >= 11 is 0. The predicted octanol–water partition coefficient (Wildman–Crippen LogP) is 2.77. The summed E-state index contributed by atoms with van der Waals surface area (Å²) in [5.41, 5.74) is 0.835. The fourth-order valence-electron chi connectivity index (χ4n) is 3.66. The van der Waals surface area contributed by atoms with E-state index in [1.807, 2.05) is 6.07 Å². The van der Waals surface area contributed by atoms with Crippen molar-refractivity contribution in [3.63, 3.8) is 0 Å². The zero-order valence-electron chi connectivity index (χ0n) is 19.7. The molecular formula is C24H23N5O6S. The number of rotatable bonds is 9. The molecule has 12 heteroatoms. The first-order valence-electron chi connectivity index (χ1n) is 10.7. The highest BCUT2D eigenvalue weighted by Crippen LogP contribution is 2.37.